The van der Waals surface area contributed by atoms with Crippen LogP contribution in [-0.4, -0.2) is 18.1 Å². The molecule has 17 heavy (non-hydrogen) atoms. The smallest absolute Gasteiger partial charge is 0.126 e. The second-order valence-electron chi connectivity index (χ2n) is 4.58. The minimum absolute atomic E-state index is 0.634. The van der Waals surface area contributed by atoms with E-state index in [1.165, 1.54) is 0 Å². The Bertz CT molecular complexity index is 339. The molecular formula is C13H22ClN3. The number of pyridine rings is 1. The summed E-state index contributed by atoms with van der Waals surface area (Å²) in [4.78, 5) is 4.50. The fourth-order valence-electron chi connectivity index (χ4n) is 1.44. The van der Waals surface area contributed by atoms with Gasteiger partial charge in [0.15, 0.2) is 0 Å². The van der Waals surface area contributed by atoms with Crippen LogP contribution in [0.4, 0.5) is 5.82 Å². The maximum atomic E-state index is 6.12. The van der Waals surface area contributed by atoms with Gasteiger partial charge >= 0.3 is 0 Å². The molecule has 0 amide bonds. The van der Waals surface area contributed by atoms with Gasteiger partial charge in [0.2, 0.25) is 0 Å². The molecule has 1 aromatic heterocycles. The summed E-state index contributed by atoms with van der Waals surface area (Å²) < 4.78 is 0. The SMILES string of the molecule is CCCNc1ccc(Cl)c(CNCC(C)C)n1. The Balaban J connectivity index is 2.56. The largest absolute Gasteiger partial charge is 0.370 e. The van der Waals surface area contributed by atoms with E-state index in [-0.39, 0.29) is 0 Å². The lowest BCUT2D eigenvalue weighted by atomic mass is 10.2. The Morgan fingerprint density at radius 1 is 1.35 bits per heavy atom. The zero-order chi connectivity index (χ0) is 12.7. The molecule has 0 bridgehead atoms. The van der Waals surface area contributed by atoms with Gasteiger partial charge in [-0.2, -0.15) is 0 Å². The molecule has 0 aliphatic heterocycles. The van der Waals surface area contributed by atoms with Gasteiger partial charge in [-0.1, -0.05) is 32.4 Å². The number of hydrogen-bond donors (Lipinski definition) is 2. The summed E-state index contributed by atoms with van der Waals surface area (Å²) in [6, 6.07) is 3.82. The van der Waals surface area contributed by atoms with E-state index in [1.807, 2.05) is 12.1 Å². The van der Waals surface area contributed by atoms with Crippen LogP contribution in [-0.2, 0) is 6.54 Å². The average Bonchev–Trinajstić information content (AvgIpc) is 2.29. The van der Waals surface area contributed by atoms with Crippen molar-refractivity contribution in [3.8, 4) is 0 Å². The summed E-state index contributed by atoms with van der Waals surface area (Å²) in [5.41, 5.74) is 0.911. The Morgan fingerprint density at radius 3 is 2.76 bits per heavy atom. The maximum Gasteiger partial charge on any atom is 0.126 e. The molecule has 0 aliphatic rings. The summed E-state index contributed by atoms with van der Waals surface area (Å²) in [5.74, 6) is 1.53. The Labute approximate surface area is 109 Å². The second kappa shape index (κ2) is 7.51. The van der Waals surface area contributed by atoms with Gasteiger partial charge in [0.25, 0.3) is 0 Å². The molecular weight excluding hydrogens is 234 g/mol. The summed E-state index contributed by atoms with van der Waals surface area (Å²) in [7, 11) is 0. The predicted molar refractivity (Wildman–Crippen MR) is 74.6 cm³/mol. The summed E-state index contributed by atoms with van der Waals surface area (Å²) in [6.07, 6.45) is 1.09. The summed E-state index contributed by atoms with van der Waals surface area (Å²) >= 11 is 6.12. The van der Waals surface area contributed by atoms with E-state index in [9.17, 15) is 0 Å². The number of halogens is 1. The van der Waals surface area contributed by atoms with Crippen molar-refractivity contribution in [1.29, 1.82) is 0 Å². The summed E-state index contributed by atoms with van der Waals surface area (Å²) in [6.45, 7) is 9.13. The van der Waals surface area contributed by atoms with E-state index < -0.39 is 0 Å². The van der Waals surface area contributed by atoms with Gasteiger partial charge < -0.3 is 10.6 Å². The molecule has 96 valence electrons. The van der Waals surface area contributed by atoms with Crippen molar-refractivity contribution < 1.29 is 0 Å². The molecule has 0 fully saturated rings. The van der Waals surface area contributed by atoms with Gasteiger partial charge in [-0.05, 0) is 31.0 Å². The van der Waals surface area contributed by atoms with Crippen molar-refractivity contribution >= 4 is 17.4 Å². The van der Waals surface area contributed by atoms with E-state index in [0.29, 0.717) is 5.92 Å². The van der Waals surface area contributed by atoms with Gasteiger partial charge in [-0.25, -0.2) is 4.98 Å². The highest BCUT2D eigenvalue weighted by Crippen LogP contribution is 2.16. The number of nitrogens with one attached hydrogen (secondary N) is 2. The van der Waals surface area contributed by atoms with Crippen molar-refractivity contribution in [1.82, 2.24) is 10.3 Å². The first-order valence-electron chi connectivity index (χ1n) is 6.23. The van der Waals surface area contributed by atoms with E-state index in [4.69, 9.17) is 11.6 Å². The minimum atomic E-state index is 0.634. The van der Waals surface area contributed by atoms with Crippen molar-refractivity contribution in [3.63, 3.8) is 0 Å². The molecule has 0 spiro atoms. The highest BCUT2D eigenvalue weighted by atomic mass is 35.5. The van der Waals surface area contributed by atoms with Crippen LogP contribution in [0.1, 0.15) is 32.9 Å². The van der Waals surface area contributed by atoms with Crippen LogP contribution in [0.2, 0.25) is 5.02 Å². The van der Waals surface area contributed by atoms with Crippen LogP contribution < -0.4 is 10.6 Å². The molecule has 2 N–H and O–H groups in total. The van der Waals surface area contributed by atoms with Crippen molar-refractivity contribution in [2.45, 2.75) is 33.7 Å². The molecule has 1 rings (SSSR count). The van der Waals surface area contributed by atoms with Crippen LogP contribution >= 0.6 is 11.6 Å². The fourth-order valence-corrected chi connectivity index (χ4v) is 1.61. The molecule has 3 nitrogen and oxygen atoms in total. The lowest BCUT2D eigenvalue weighted by Crippen LogP contribution is -2.20. The van der Waals surface area contributed by atoms with Crippen LogP contribution in [0.25, 0.3) is 0 Å². The molecule has 0 aliphatic carbocycles. The van der Waals surface area contributed by atoms with Crippen molar-refractivity contribution in [3.05, 3.63) is 22.8 Å². The lowest BCUT2D eigenvalue weighted by molar-refractivity contribution is 0.548. The number of hydrogen-bond acceptors (Lipinski definition) is 3. The van der Waals surface area contributed by atoms with Crippen molar-refractivity contribution in [2.24, 2.45) is 5.92 Å². The molecule has 0 atom stereocenters. The number of nitrogens with zero attached hydrogens (tertiary/aromatic N) is 1. The second-order valence-corrected chi connectivity index (χ2v) is 4.98. The highest BCUT2D eigenvalue weighted by molar-refractivity contribution is 6.31. The molecule has 0 saturated heterocycles. The zero-order valence-electron chi connectivity index (χ0n) is 10.9. The fraction of sp³-hybridized carbons (Fsp3) is 0.615. The Hall–Kier alpha value is -0.800. The number of anilines is 1. The molecule has 1 aromatic rings. The highest BCUT2D eigenvalue weighted by Gasteiger charge is 2.04. The third kappa shape index (κ3) is 5.37. The van der Waals surface area contributed by atoms with E-state index in [2.05, 4.69) is 36.4 Å². The monoisotopic (exact) mass is 255 g/mol. The van der Waals surface area contributed by atoms with E-state index in [0.717, 1.165) is 42.6 Å². The number of rotatable bonds is 7. The summed E-state index contributed by atoms with van der Waals surface area (Å²) in [5, 5.41) is 7.34. The lowest BCUT2D eigenvalue weighted by Gasteiger charge is -2.10. The first-order valence-corrected chi connectivity index (χ1v) is 6.61. The normalized spacial score (nSPS) is 10.9. The van der Waals surface area contributed by atoms with E-state index in [1.54, 1.807) is 0 Å². The number of aromatic nitrogens is 1. The third-order valence-electron chi connectivity index (χ3n) is 2.32. The van der Waals surface area contributed by atoms with Gasteiger partial charge in [-0.3, -0.25) is 0 Å². The molecule has 0 radical (unpaired) electrons. The first-order chi connectivity index (χ1) is 8.13. The maximum absolute atomic E-state index is 6.12. The Kier molecular flexibility index (Phi) is 6.30. The minimum Gasteiger partial charge on any atom is -0.370 e. The first kappa shape index (κ1) is 14.3. The van der Waals surface area contributed by atoms with Gasteiger partial charge in [-0.15, -0.1) is 0 Å². The third-order valence-corrected chi connectivity index (χ3v) is 2.66. The molecule has 0 aromatic carbocycles. The molecule has 0 unspecified atom stereocenters. The predicted octanol–water partition coefficient (Wildman–Crippen LogP) is 3.30. The quantitative estimate of drug-likeness (QED) is 0.785. The Morgan fingerprint density at radius 2 is 2.12 bits per heavy atom. The topological polar surface area (TPSA) is 37.0 Å². The van der Waals surface area contributed by atoms with Gasteiger partial charge in [0, 0.05) is 13.1 Å². The zero-order valence-corrected chi connectivity index (χ0v) is 11.6. The van der Waals surface area contributed by atoms with Crippen LogP contribution in [0.3, 0.4) is 0 Å². The van der Waals surface area contributed by atoms with Crippen LogP contribution in [0.5, 0.6) is 0 Å². The molecule has 1 heterocycles. The van der Waals surface area contributed by atoms with Gasteiger partial charge in [0.1, 0.15) is 5.82 Å². The van der Waals surface area contributed by atoms with Crippen LogP contribution in [0.15, 0.2) is 12.1 Å². The molecule has 0 saturated carbocycles. The standard InChI is InChI=1S/C13H22ClN3/c1-4-7-16-13-6-5-11(14)12(17-13)9-15-8-10(2)3/h5-6,10,15H,4,7-9H2,1-3H3,(H,16,17). The average molecular weight is 256 g/mol. The van der Waals surface area contributed by atoms with Crippen LogP contribution in [0, 0.1) is 5.92 Å². The van der Waals surface area contributed by atoms with E-state index >= 15 is 0 Å². The van der Waals surface area contributed by atoms with Gasteiger partial charge in [0.05, 0.1) is 10.7 Å². The molecule has 4 heteroatoms. The van der Waals surface area contributed by atoms with Crippen molar-refractivity contribution in [2.75, 3.05) is 18.4 Å².